The Labute approximate surface area is 127 Å². The lowest BCUT2D eigenvalue weighted by Gasteiger charge is -2.30. The standard InChI is InChI=1S/C14H21F3N4O/c1-21-6-5-18-8-11(21)12-19-13(22-20-12)9-3-2-4-10(7-9)14(15,16)17/h9-11,18H,2-8H2,1H3. The number of hydrogen-bond donors (Lipinski definition) is 1. The van der Waals surface area contributed by atoms with Gasteiger partial charge in [-0.1, -0.05) is 11.6 Å². The molecule has 1 aromatic heterocycles. The van der Waals surface area contributed by atoms with E-state index in [0.29, 0.717) is 24.6 Å². The Morgan fingerprint density at radius 1 is 1.32 bits per heavy atom. The van der Waals surface area contributed by atoms with Crippen LogP contribution in [0, 0.1) is 5.92 Å². The van der Waals surface area contributed by atoms with Crippen LogP contribution in [0.25, 0.3) is 0 Å². The summed E-state index contributed by atoms with van der Waals surface area (Å²) in [6.07, 6.45) is -2.63. The lowest BCUT2D eigenvalue weighted by atomic mass is 9.81. The second kappa shape index (κ2) is 6.16. The van der Waals surface area contributed by atoms with E-state index in [-0.39, 0.29) is 24.8 Å². The number of alkyl halides is 3. The van der Waals surface area contributed by atoms with Crippen molar-refractivity contribution in [3.8, 4) is 0 Å². The zero-order valence-corrected chi connectivity index (χ0v) is 12.6. The van der Waals surface area contributed by atoms with Gasteiger partial charge in [0.15, 0.2) is 5.82 Å². The first-order chi connectivity index (χ1) is 10.4. The van der Waals surface area contributed by atoms with Crippen LogP contribution in [-0.4, -0.2) is 47.9 Å². The molecule has 22 heavy (non-hydrogen) atoms. The highest BCUT2D eigenvalue weighted by molar-refractivity contribution is 5.02. The van der Waals surface area contributed by atoms with E-state index >= 15 is 0 Å². The maximum Gasteiger partial charge on any atom is 0.391 e. The lowest BCUT2D eigenvalue weighted by molar-refractivity contribution is -0.183. The molecule has 3 unspecified atom stereocenters. The van der Waals surface area contributed by atoms with E-state index < -0.39 is 12.1 Å². The topological polar surface area (TPSA) is 54.2 Å². The second-order valence-electron chi connectivity index (χ2n) is 6.29. The zero-order chi connectivity index (χ0) is 15.7. The van der Waals surface area contributed by atoms with Gasteiger partial charge in [0.05, 0.1) is 12.0 Å². The molecule has 3 rings (SSSR count). The third kappa shape index (κ3) is 3.27. The zero-order valence-electron chi connectivity index (χ0n) is 12.6. The SMILES string of the molecule is CN1CCNCC1c1noc(C2CCCC(C(F)(F)F)C2)n1. The van der Waals surface area contributed by atoms with E-state index in [1.54, 1.807) is 0 Å². The van der Waals surface area contributed by atoms with Gasteiger partial charge in [-0.25, -0.2) is 0 Å². The predicted octanol–water partition coefficient (Wildman–Crippen LogP) is 2.48. The second-order valence-corrected chi connectivity index (χ2v) is 6.29. The van der Waals surface area contributed by atoms with Crippen LogP contribution >= 0.6 is 0 Å². The van der Waals surface area contributed by atoms with E-state index in [4.69, 9.17) is 4.52 Å². The highest BCUT2D eigenvalue weighted by Gasteiger charge is 2.43. The first-order valence-electron chi connectivity index (χ1n) is 7.76. The highest BCUT2D eigenvalue weighted by atomic mass is 19.4. The van der Waals surface area contributed by atoms with Crippen molar-refractivity contribution in [3.05, 3.63) is 11.7 Å². The largest absolute Gasteiger partial charge is 0.391 e. The molecule has 1 saturated carbocycles. The number of piperazine rings is 1. The van der Waals surface area contributed by atoms with Gasteiger partial charge in [-0.2, -0.15) is 18.2 Å². The molecular formula is C14H21F3N4O. The van der Waals surface area contributed by atoms with Gasteiger partial charge >= 0.3 is 6.18 Å². The third-order valence-corrected chi connectivity index (χ3v) is 4.75. The first-order valence-corrected chi connectivity index (χ1v) is 7.76. The van der Waals surface area contributed by atoms with Gasteiger partial charge in [-0.3, -0.25) is 4.90 Å². The third-order valence-electron chi connectivity index (χ3n) is 4.75. The molecule has 5 nitrogen and oxygen atoms in total. The molecule has 1 aliphatic heterocycles. The van der Waals surface area contributed by atoms with Crippen LogP contribution < -0.4 is 5.32 Å². The summed E-state index contributed by atoms with van der Waals surface area (Å²) in [4.78, 5) is 6.53. The average molecular weight is 318 g/mol. The van der Waals surface area contributed by atoms with Crippen LogP contribution in [0.3, 0.4) is 0 Å². The monoisotopic (exact) mass is 318 g/mol. The first kappa shape index (κ1) is 15.7. The van der Waals surface area contributed by atoms with Crippen LogP contribution in [0.5, 0.6) is 0 Å². The molecule has 0 aromatic carbocycles. The normalized spacial score (nSPS) is 31.4. The molecule has 0 bridgehead atoms. The van der Waals surface area contributed by atoms with Gasteiger partial charge in [0, 0.05) is 25.6 Å². The molecule has 1 aliphatic carbocycles. The molecule has 0 radical (unpaired) electrons. The number of nitrogens with zero attached hydrogens (tertiary/aromatic N) is 3. The van der Waals surface area contributed by atoms with Crippen LogP contribution in [0.4, 0.5) is 13.2 Å². The number of hydrogen-bond acceptors (Lipinski definition) is 5. The molecule has 0 spiro atoms. The van der Waals surface area contributed by atoms with Crippen LogP contribution in [0.15, 0.2) is 4.52 Å². The average Bonchev–Trinajstić information content (AvgIpc) is 2.97. The van der Waals surface area contributed by atoms with Crippen molar-refractivity contribution in [1.82, 2.24) is 20.4 Å². The smallest absolute Gasteiger partial charge is 0.339 e. The van der Waals surface area contributed by atoms with Crippen molar-refractivity contribution in [1.29, 1.82) is 0 Å². The Kier molecular flexibility index (Phi) is 4.40. The Hall–Kier alpha value is -1.15. The molecular weight excluding hydrogens is 297 g/mol. The van der Waals surface area contributed by atoms with E-state index in [1.165, 1.54) is 0 Å². The van der Waals surface area contributed by atoms with Gasteiger partial charge in [0.2, 0.25) is 5.89 Å². The summed E-state index contributed by atoms with van der Waals surface area (Å²) in [5.41, 5.74) is 0. The van der Waals surface area contributed by atoms with Crippen molar-refractivity contribution in [2.75, 3.05) is 26.7 Å². The minimum atomic E-state index is -4.13. The molecule has 1 aromatic rings. The fourth-order valence-electron chi connectivity index (χ4n) is 3.35. The van der Waals surface area contributed by atoms with Crippen LogP contribution in [0.2, 0.25) is 0 Å². The van der Waals surface area contributed by atoms with Gasteiger partial charge in [0.25, 0.3) is 0 Å². The summed E-state index contributed by atoms with van der Waals surface area (Å²) in [6, 6.07) is 0.0215. The molecule has 2 fully saturated rings. The molecule has 8 heteroatoms. The van der Waals surface area contributed by atoms with E-state index in [9.17, 15) is 13.2 Å². The van der Waals surface area contributed by atoms with Gasteiger partial charge in [0.1, 0.15) is 0 Å². The maximum atomic E-state index is 12.9. The number of halogens is 3. The van der Waals surface area contributed by atoms with Gasteiger partial charge in [-0.05, 0) is 26.3 Å². The summed E-state index contributed by atoms with van der Waals surface area (Å²) < 4.78 is 44.0. The van der Waals surface area contributed by atoms with Gasteiger partial charge in [-0.15, -0.1) is 0 Å². The summed E-state index contributed by atoms with van der Waals surface area (Å²) in [6.45, 7) is 2.52. The summed E-state index contributed by atoms with van der Waals surface area (Å²) in [5, 5.41) is 7.27. The number of rotatable bonds is 2. The molecule has 124 valence electrons. The highest BCUT2D eigenvalue weighted by Crippen LogP contribution is 2.43. The summed E-state index contributed by atoms with van der Waals surface area (Å²) in [5.74, 6) is -0.592. The van der Waals surface area contributed by atoms with E-state index in [2.05, 4.69) is 20.4 Å². The Bertz CT molecular complexity index is 505. The quantitative estimate of drug-likeness (QED) is 0.908. The number of likely N-dealkylation sites (N-methyl/N-ethyl adjacent to an activating group) is 1. The Morgan fingerprint density at radius 3 is 2.86 bits per heavy atom. The fourth-order valence-corrected chi connectivity index (χ4v) is 3.35. The van der Waals surface area contributed by atoms with E-state index in [1.807, 2.05) is 7.05 Å². The summed E-state index contributed by atoms with van der Waals surface area (Å²) in [7, 11) is 1.99. The fraction of sp³-hybridized carbons (Fsp3) is 0.857. The lowest BCUT2D eigenvalue weighted by Crippen LogP contribution is -2.44. The van der Waals surface area contributed by atoms with Crippen LogP contribution in [-0.2, 0) is 0 Å². The van der Waals surface area contributed by atoms with Gasteiger partial charge < -0.3 is 9.84 Å². The minimum Gasteiger partial charge on any atom is -0.339 e. The Morgan fingerprint density at radius 2 is 2.14 bits per heavy atom. The minimum absolute atomic E-state index is 0.0215. The van der Waals surface area contributed by atoms with Crippen molar-refractivity contribution in [3.63, 3.8) is 0 Å². The van der Waals surface area contributed by atoms with Crippen LogP contribution in [0.1, 0.15) is 49.4 Å². The molecule has 2 aliphatic rings. The van der Waals surface area contributed by atoms with Crippen molar-refractivity contribution in [2.45, 2.75) is 43.8 Å². The molecule has 2 heterocycles. The maximum absolute atomic E-state index is 12.9. The Balaban J connectivity index is 1.70. The van der Waals surface area contributed by atoms with Crippen molar-refractivity contribution in [2.24, 2.45) is 5.92 Å². The predicted molar refractivity (Wildman–Crippen MR) is 73.3 cm³/mol. The molecule has 0 amide bonds. The number of aromatic nitrogens is 2. The molecule has 1 saturated heterocycles. The number of nitrogens with one attached hydrogen (secondary N) is 1. The molecule has 3 atom stereocenters. The van der Waals surface area contributed by atoms with Crippen molar-refractivity contribution < 1.29 is 17.7 Å². The van der Waals surface area contributed by atoms with Crippen molar-refractivity contribution >= 4 is 0 Å². The molecule has 1 N–H and O–H groups in total. The van der Waals surface area contributed by atoms with E-state index in [0.717, 1.165) is 19.6 Å². The summed E-state index contributed by atoms with van der Waals surface area (Å²) >= 11 is 0.